The average Bonchev–Trinajstić information content (AvgIpc) is 2.78. The largest absolute Gasteiger partial charge is 0.494 e. The molecule has 3 rings (SSSR count). The molecule has 0 radical (unpaired) electrons. The smallest absolute Gasteiger partial charge is 0.243 e. The lowest BCUT2D eigenvalue weighted by molar-refractivity contribution is -0.137. The summed E-state index contributed by atoms with van der Waals surface area (Å²) in [7, 11) is -3.56. The fourth-order valence-electron chi connectivity index (χ4n) is 3.77. The normalized spacial score (nSPS) is 15.7. The quantitative estimate of drug-likeness (QED) is 0.643. The van der Waals surface area contributed by atoms with Crippen LogP contribution < -0.4 is 4.74 Å². The summed E-state index contributed by atoms with van der Waals surface area (Å²) in [5.41, 5.74) is 1.10. The van der Waals surface area contributed by atoms with Crippen LogP contribution in [0, 0.1) is 5.92 Å². The topological polar surface area (TPSA) is 66.9 Å². The predicted molar refractivity (Wildman–Crippen MR) is 117 cm³/mol. The zero-order valence-corrected chi connectivity index (χ0v) is 18.5. The molecule has 2 aromatic rings. The average molecular weight is 431 g/mol. The molecule has 1 aliphatic heterocycles. The number of nitrogens with zero attached hydrogens (tertiary/aromatic N) is 2. The van der Waals surface area contributed by atoms with Crippen molar-refractivity contribution in [1.29, 1.82) is 0 Å². The number of piperidine rings is 1. The first-order valence-corrected chi connectivity index (χ1v) is 12.0. The summed E-state index contributed by atoms with van der Waals surface area (Å²) in [5, 5.41) is 0. The highest BCUT2D eigenvalue weighted by Crippen LogP contribution is 2.26. The number of benzene rings is 2. The van der Waals surface area contributed by atoms with Crippen LogP contribution in [0.4, 0.5) is 0 Å². The molecular weight excluding hydrogens is 400 g/mol. The third kappa shape index (κ3) is 5.21. The first kappa shape index (κ1) is 22.3. The van der Waals surface area contributed by atoms with Gasteiger partial charge >= 0.3 is 0 Å². The van der Waals surface area contributed by atoms with Crippen molar-refractivity contribution in [1.82, 2.24) is 9.21 Å². The van der Waals surface area contributed by atoms with Crippen molar-refractivity contribution in [3.63, 3.8) is 0 Å². The number of hydrogen-bond acceptors (Lipinski definition) is 4. The number of hydrogen-bond donors (Lipinski definition) is 0. The number of amides is 1. The lowest BCUT2D eigenvalue weighted by Gasteiger charge is -2.33. The fourth-order valence-corrected chi connectivity index (χ4v) is 5.24. The van der Waals surface area contributed by atoms with Gasteiger partial charge in [0.05, 0.1) is 11.5 Å². The molecule has 0 aliphatic carbocycles. The molecule has 0 aromatic heterocycles. The Morgan fingerprint density at radius 1 is 1.03 bits per heavy atom. The van der Waals surface area contributed by atoms with Gasteiger partial charge in [0.25, 0.3) is 0 Å². The SMILES string of the molecule is CCOc1ccc(S(=O)(=O)N2CCC(C(=O)N(CC)Cc3ccccc3)CC2)cc1. The van der Waals surface area contributed by atoms with Crippen molar-refractivity contribution >= 4 is 15.9 Å². The van der Waals surface area contributed by atoms with Gasteiger partial charge in [0.2, 0.25) is 15.9 Å². The second-order valence-corrected chi connectivity index (χ2v) is 9.36. The second kappa shape index (κ2) is 10.1. The van der Waals surface area contributed by atoms with E-state index in [1.807, 2.05) is 49.1 Å². The van der Waals surface area contributed by atoms with Gasteiger partial charge < -0.3 is 9.64 Å². The summed E-state index contributed by atoms with van der Waals surface area (Å²) in [6.45, 7) is 6.33. The van der Waals surface area contributed by atoms with Crippen LogP contribution in [0.2, 0.25) is 0 Å². The van der Waals surface area contributed by atoms with Crippen LogP contribution in [-0.4, -0.2) is 49.8 Å². The number of carbonyl (C=O) groups is 1. The first-order chi connectivity index (χ1) is 14.5. The monoisotopic (exact) mass is 430 g/mol. The van der Waals surface area contributed by atoms with Crippen molar-refractivity contribution in [2.24, 2.45) is 5.92 Å². The Labute approximate surface area is 179 Å². The lowest BCUT2D eigenvalue weighted by Crippen LogP contribution is -2.44. The standard InChI is InChI=1S/C23H30N2O4S/c1-3-24(18-19-8-6-5-7-9-19)23(26)20-14-16-25(17-15-20)30(27,28)22-12-10-21(11-13-22)29-4-2/h5-13,20H,3-4,14-18H2,1-2H3. The summed E-state index contributed by atoms with van der Waals surface area (Å²) >= 11 is 0. The molecule has 1 heterocycles. The number of ether oxygens (including phenoxy) is 1. The minimum absolute atomic E-state index is 0.111. The maximum atomic E-state index is 13.0. The molecule has 0 atom stereocenters. The molecule has 1 saturated heterocycles. The van der Waals surface area contributed by atoms with Gasteiger partial charge in [-0.3, -0.25) is 4.79 Å². The molecule has 0 N–H and O–H groups in total. The van der Waals surface area contributed by atoms with Gasteiger partial charge in [-0.2, -0.15) is 4.31 Å². The van der Waals surface area contributed by atoms with Crippen LogP contribution in [0.25, 0.3) is 0 Å². The summed E-state index contributed by atoms with van der Waals surface area (Å²) < 4.78 is 32.8. The predicted octanol–water partition coefficient (Wildman–Crippen LogP) is 3.53. The molecule has 0 unspecified atom stereocenters. The second-order valence-electron chi connectivity index (χ2n) is 7.42. The van der Waals surface area contributed by atoms with E-state index in [0.29, 0.717) is 51.4 Å². The minimum atomic E-state index is -3.56. The highest BCUT2D eigenvalue weighted by Gasteiger charge is 2.33. The Bertz CT molecular complexity index is 921. The van der Waals surface area contributed by atoms with Gasteiger partial charge in [-0.15, -0.1) is 0 Å². The zero-order valence-electron chi connectivity index (χ0n) is 17.7. The van der Waals surface area contributed by atoms with Crippen LogP contribution in [0.5, 0.6) is 5.75 Å². The van der Waals surface area contributed by atoms with Gasteiger partial charge in [-0.25, -0.2) is 8.42 Å². The fraction of sp³-hybridized carbons (Fsp3) is 0.435. The minimum Gasteiger partial charge on any atom is -0.494 e. The van der Waals surface area contributed by atoms with E-state index >= 15 is 0 Å². The Kier molecular flexibility index (Phi) is 7.50. The van der Waals surface area contributed by atoms with E-state index < -0.39 is 10.0 Å². The molecule has 1 aliphatic rings. The van der Waals surface area contributed by atoms with Crippen LogP contribution in [0.3, 0.4) is 0 Å². The van der Waals surface area contributed by atoms with Gasteiger partial charge in [0, 0.05) is 32.1 Å². The van der Waals surface area contributed by atoms with Crippen LogP contribution >= 0.6 is 0 Å². The van der Waals surface area contributed by atoms with E-state index in [4.69, 9.17) is 4.74 Å². The highest BCUT2D eigenvalue weighted by molar-refractivity contribution is 7.89. The summed E-state index contributed by atoms with van der Waals surface area (Å²) in [6.07, 6.45) is 1.08. The third-order valence-corrected chi connectivity index (χ3v) is 7.40. The van der Waals surface area contributed by atoms with E-state index in [1.165, 1.54) is 4.31 Å². The van der Waals surface area contributed by atoms with Gasteiger partial charge in [-0.05, 0) is 56.5 Å². The Morgan fingerprint density at radius 2 is 1.67 bits per heavy atom. The van der Waals surface area contributed by atoms with Gasteiger partial charge in [0.15, 0.2) is 0 Å². The molecule has 7 heteroatoms. The lowest BCUT2D eigenvalue weighted by atomic mass is 9.96. The van der Waals surface area contributed by atoms with Crippen molar-refractivity contribution < 1.29 is 17.9 Å². The Balaban J connectivity index is 1.60. The van der Waals surface area contributed by atoms with Gasteiger partial charge in [0.1, 0.15) is 5.75 Å². The third-order valence-electron chi connectivity index (χ3n) is 5.49. The number of rotatable bonds is 8. The molecular formula is C23H30N2O4S. The van der Waals surface area contributed by atoms with Crippen LogP contribution in [0.1, 0.15) is 32.3 Å². The molecule has 162 valence electrons. The Morgan fingerprint density at radius 3 is 2.23 bits per heavy atom. The summed E-state index contributed by atoms with van der Waals surface area (Å²) in [5.74, 6) is 0.624. The maximum absolute atomic E-state index is 13.0. The van der Waals surface area contributed by atoms with Crippen molar-refractivity contribution in [2.75, 3.05) is 26.2 Å². The highest BCUT2D eigenvalue weighted by atomic mass is 32.2. The molecule has 2 aromatic carbocycles. The van der Waals surface area contributed by atoms with Crippen molar-refractivity contribution in [3.05, 3.63) is 60.2 Å². The van der Waals surface area contributed by atoms with E-state index in [0.717, 1.165) is 5.56 Å². The Hall–Kier alpha value is -2.38. The number of carbonyl (C=O) groups excluding carboxylic acids is 1. The molecule has 6 nitrogen and oxygen atoms in total. The molecule has 0 bridgehead atoms. The summed E-state index contributed by atoms with van der Waals surface area (Å²) in [6, 6.07) is 16.4. The van der Waals surface area contributed by atoms with E-state index in [-0.39, 0.29) is 16.7 Å². The number of sulfonamides is 1. The van der Waals surface area contributed by atoms with Crippen molar-refractivity contribution in [2.45, 2.75) is 38.1 Å². The molecule has 1 fully saturated rings. The molecule has 0 spiro atoms. The molecule has 0 saturated carbocycles. The van der Waals surface area contributed by atoms with Crippen molar-refractivity contribution in [3.8, 4) is 5.75 Å². The molecule has 30 heavy (non-hydrogen) atoms. The molecule has 1 amide bonds. The van der Waals surface area contributed by atoms with E-state index in [9.17, 15) is 13.2 Å². The summed E-state index contributed by atoms with van der Waals surface area (Å²) in [4.78, 5) is 15.1. The first-order valence-electron chi connectivity index (χ1n) is 10.5. The van der Waals surface area contributed by atoms with E-state index in [2.05, 4.69) is 0 Å². The van der Waals surface area contributed by atoms with Crippen LogP contribution in [0.15, 0.2) is 59.5 Å². The maximum Gasteiger partial charge on any atom is 0.243 e. The van der Waals surface area contributed by atoms with Crippen LogP contribution in [-0.2, 0) is 21.4 Å². The van der Waals surface area contributed by atoms with Gasteiger partial charge in [-0.1, -0.05) is 30.3 Å². The zero-order chi connectivity index (χ0) is 21.6. The van der Waals surface area contributed by atoms with E-state index in [1.54, 1.807) is 24.3 Å².